The number of hydrogen-bond donors (Lipinski definition) is 1. The van der Waals surface area contributed by atoms with Crippen LogP contribution in [0.2, 0.25) is 0 Å². The number of rotatable bonds is 3. The predicted molar refractivity (Wildman–Crippen MR) is 40.6 cm³/mol. The standard InChI is InChI=1S/C7H15NO3/c1-7(2,3)6(9)10-4-5-11-8/h4-5,8H2,1-3H3. The maximum Gasteiger partial charge on any atom is 0.311 e. The number of nitrogens with two attached hydrogens (primary N) is 1. The SMILES string of the molecule is CC(C)(C)C(=O)OCCON. The van der Waals surface area contributed by atoms with Gasteiger partial charge in [0.1, 0.15) is 13.2 Å². The molecule has 0 heterocycles. The van der Waals surface area contributed by atoms with E-state index in [1.807, 2.05) is 0 Å². The Morgan fingerprint density at radius 3 is 2.27 bits per heavy atom. The third-order valence-corrected chi connectivity index (χ3v) is 1.05. The molecule has 0 saturated heterocycles. The van der Waals surface area contributed by atoms with Gasteiger partial charge in [0.15, 0.2) is 0 Å². The van der Waals surface area contributed by atoms with Crippen LogP contribution in [0.5, 0.6) is 0 Å². The average molecular weight is 161 g/mol. The molecule has 0 unspecified atom stereocenters. The Labute approximate surface area is 66.6 Å². The molecular formula is C7H15NO3. The Kier molecular flexibility index (Phi) is 4.07. The van der Waals surface area contributed by atoms with Crippen LogP contribution in [0.15, 0.2) is 0 Å². The lowest BCUT2D eigenvalue weighted by Gasteiger charge is -2.15. The first-order valence-corrected chi connectivity index (χ1v) is 3.47. The zero-order chi connectivity index (χ0) is 8.91. The summed E-state index contributed by atoms with van der Waals surface area (Å²) in [5.41, 5.74) is -0.450. The lowest BCUT2D eigenvalue weighted by molar-refractivity contribution is -0.154. The summed E-state index contributed by atoms with van der Waals surface area (Å²) >= 11 is 0. The predicted octanol–water partition coefficient (Wildman–Crippen LogP) is 0.466. The molecule has 0 bridgehead atoms. The first-order valence-electron chi connectivity index (χ1n) is 3.47. The van der Waals surface area contributed by atoms with E-state index in [9.17, 15) is 4.79 Å². The summed E-state index contributed by atoms with van der Waals surface area (Å²) in [5.74, 6) is 4.49. The molecule has 0 radical (unpaired) electrons. The van der Waals surface area contributed by atoms with Gasteiger partial charge in [0.05, 0.1) is 5.41 Å². The van der Waals surface area contributed by atoms with Crippen molar-refractivity contribution in [3.8, 4) is 0 Å². The Morgan fingerprint density at radius 2 is 1.91 bits per heavy atom. The Balaban J connectivity index is 3.54. The molecule has 4 heteroatoms. The molecule has 0 rings (SSSR count). The van der Waals surface area contributed by atoms with Gasteiger partial charge in [-0.3, -0.25) is 4.79 Å². The minimum Gasteiger partial charge on any atom is -0.463 e. The lowest BCUT2D eigenvalue weighted by Crippen LogP contribution is -2.24. The van der Waals surface area contributed by atoms with Gasteiger partial charge in [-0.25, -0.2) is 5.90 Å². The smallest absolute Gasteiger partial charge is 0.311 e. The van der Waals surface area contributed by atoms with Gasteiger partial charge < -0.3 is 9.57 Å². The third-order valence-electron chi connectivity index (χ3n) is 1.05. The molecule has 0 atom stereocenters. The van der Waals surface area contributed by atoms with Crippen molar-refractivity contribution in [1.82, 2.24) is 0 Å². The van der Waals surface area contributed by atoms with E-state index in [1.54, 1.807) is 20.8 Å². The normalized spacial score (nSPS) is 11.3. The van der Waals surface area contributed by atoms with Crippen LogP contribution < -0.4 is 5.90 Å². The van der Waals surface area contributed by atoms with Crippen LogP contribution in [0, 0.1) is 5.41 Å². The zero-order valence-corrected chi connectivity index (χ0v) is 7.22. The molecule has 0 aliphatic carbocycles. The minimum atomic E-state index is -0.450. The van der Waals surface area contributed by atoms with Crippen LogP contribution in [-0.4, -0.2) is 19.2 Å². The van der Waals surface area contributed by atoms with Gasteiger partial charge in [0.25, 0.3) is 0 Å². The van der Waals surface area contributed by atoms with Crippen LogP contribution in [-0.2, 0) is 14.4 Å². The number of carbonyl (C=O) groups excluding carboxylic acids is 1. The summed E-state index contributed by atoms with van der Waals surface area (Å²) in [6.45, 7) is 5.82. The fourth-order valence-electron chi connectivity index (χ4n) is 0.399. The van der Waals surface area contributed by atoms with Crippen LogP contribution >= 0.6 is 0 Å². The molecule has 0 aliphatic heterocycles. The molecule has 11 heavy (non-hydrogen) atoms. The summed E-state index contributed by atoms with van der Waals surface area (Å²) in [5, 5.41) is 0. The van der Waals surface area contributed by atoms with Gasteiger partial charge >= 0.3 is 5.97 Å². The lowest BCUT2D eigenvalue weighted by atomic mass is 9.97. The van der Waals surface area contributed by atoms with Crippen LogP contribution in [0.3, 0.4) is 0 Å². The maximum absolute atomic E-state index is 11.0. The highest BCUT2D eigenvalue weighted by atomic mass is 16.6. The Morgan fingerprint density at radius 1 is 1.36 bits per heavy atom. The van der Waals surface area contributed by atoms with E-state index >= 15 is 0 Å². The largest absolute Gasteiger partial charge is 0.463 e. The molecule has 0 aromatic heterocycles. The van der Waals surface area contributed by atoms with Gasteiger partial charge in [0.2, 0.25) is 0 Å². The van der Waals surface area contributed by atoms with Crippen molar-refractivity contribution in [3.63, 3.8) is 0 Å². The number of carbonyl (C=O) groups is 1. The molecule has 0 fully saturated rings. The van der Waals surface area contributed by atoms with Crippen molar-refractivity contribution in [1.29, 1.82) is 0 Å². The van der Waals surface area contributed by atoms with Gasteiger partial charge in [-0.2, -0.15) is 0 Å². The average Bonchev–Trinajstić information content (AvgIpc) is 1.86. The molecule has 0 amide bonds. The molecule has 66 valence electrons. The topological polar surface area (TPSA) is 61.5 Å². The fraction of sp³-hybridized carbons (Fsp3) is 0.857. The molecule has 4 nitrogen and oxygen atoms in total. The summed E-state index contributed by atoms with van der Waals surface area (Å²) < 4.78 is 4.80. The molecular weight excluding hydrogens is 146 g/mol. The highest BCUT2D eigenvalue weighted by Crippen LogP contribution is 2.14. The summed E-state index contributed by atoms with van der Waals surface area (Å²) in [4.78, 5) is 15.2. The van der Waals surface area contributed by atoms with Crippen LogP contribution in [0.1, 0.15) is 20.8 Å². The van der Waals surface area contributed by atoms with E-state index in [0.717, 1.165) is 0 Å². The third kappa shape index (κ3) is 4.75. The molecule has 0 saturated carbocycles. The number of hydrogen-bond acceptors (Lipinski definition) is 4. The van der Waals surface area contributed by atoms with Crippen molar-refractivity contribution in [2.24, 2.45) is 11.3 Å². The van der Waals surface area contributed by atoms with Crippen molar-refractivity contribution < 1.29 is 14.4 Å². The zero-order valence-electron chi connectivity index (χ0n) is 7.22. The second-order valence-electron chi connectivity index (χ2n) is 3.26. The van der Waals surface area contributed by atoms with E-state index in [4.69, 9.17) is 10.6 Å². The van der Waals surface area contributed by atoms with Gasteiger partial charge in [-0.1, -0.05) is 0 Å². The number of esters is 1. The molecule has 0 aromatic carbocycles. The van der Waals surface area contributed by atoms with Crippen LogP contribution in [0.25, 0.3) is 0 Å². The molecule has 0 aromatic rings. The quantitative estimate of drug-likeness (QED) is 0.371. The van der Waals surface area contributed by atoms with Gasteiger partial charge in [0, 0.05) is 0 Å². The van der Waals surface area contributed by atoms with E-state index < -0.39 is 5.41 Å². The maximum atomic E-state index is 11.0. The molecule has 2 N–H and O–H groups in total. The van der Waals surface area contributed by atoms with Crippen molar-refractivity contribution in [2.45, 2.75) is 20.8 Å². The highest BCUT2D eigenvalue weighted by molar-refractivity contribution is 5.75. The molecule has 0 spiro atoms. The second kappa shape index (κ2) is 4.31. The summed E-state index contributed by atoms with van der Waals surface area (Å²) in [7, 11) is 0. The van der Waals surface area contributed by atoms with Gasteiger partial charge in [-0.05, 0) is 20.8 Å². The number of ether oxygens (including phenoxy) is 1. The highest BCUT2D eigenvalue weighted by Gasteiger charge is 2.22. The summed E-state index contributed by atoms with van der Waals surface area (Å²) in [6.07, 6.45) is 0. The van der Waals surface area contributed by atoms with Crippen molar-refractivity contribution in [3.05, 3.63) is 0 Å². The van der Waals surface area contributed by atoms with E-state index in [1.165, 1.54) is 0 Å². The molecule has 0 aliphatic rings. The van der Waals surface area contributed by atoms with E-state index in [-0.39, 0.29) is 19.2 Å². The Bertz CT molecular complexity index is 128. The minimum absolute atomic E-state index is 0.215. The summed E-state index contributed by atoms with van der Waals surface area (Å²) in [6, 6.07) is 0. The first kappa shape index (κ1) is 10.4. The first-order chi connectivity index (χ1) is 4.98. The monoisotopic (exact) mass is 161 g/mol. The van der Waals surface area contributed by atoms with E-state index in [0.29, 0.717) is 0 Å². The van der Waals surface area contributed by atoms with Crippen molar-refractivity contribution in [2.75, 3.05) is 13.2 Å². The van der Waals surface area contributed by atoms with E-state index in [2.05, 4.69) is 4.84 Å². The van der Waals surface area contributed by atoms with Crippen molar-refractivity contribution >= 4 is 5.97 Å². The Hall–Kier alpha value is -0.610. The second-order valence-corrected chi connectivity index (χ2v) is 3.26. The van der Waals surface area contributed by atoms with Crippen LogP contribution in [0.4, 0.5) is 0 Å². The van der Waals surface area contributed by atoms with Gasteiger partial charge in [-0.15, -0.1) is 0 Å². The fourth-order valence-corrected chi connectivity index (χ4v) is 0.399.